The zero-order valence-corrected chi connectivity index (χ0v) is 30.6. The van der Waals surface area contributed by atoms with Crippen molar-refractivity contribution >= 4 is 71.3 Å². The van der Waals surface area contributed by atoms with Gasteiger partial charge in [-0.3, -0.25) is 0 Å². The Morgan fingerprint density at radius 3 is 1.71 bits per heavy atom. The highest BCUT2D eigenvalue weighted by Gasteiger charge is 2.23. The average Bonchev–Trinajstić information content (AvgIpc) is 3.66. The van der Waals surface area contributed by atoms with Crippen LogP contribution in [0.2, 0.25) is 0 Å². The highest BCUT2D eigenvalue weighted by Crippen LogP contribution is 2.49. The summed E-state index contributed by atoms with van der Waals surface area (Å²) in [6.45, 7) is 0. The lowest BCUT2D eigenvalue weighted by molar-refractivity contribution is 0.669. The molecule has 0 radical (unpaired) electrons. The van der Waals surface area contributed by atoms with E-state index in [1.165, 1.54) is 54.6 Å². The van der Waals surface area contributed by atoms with Crippen LogP contribution < -0.4 is 4.90 Å². The van der Waals surface area contributed by atoms with Gasteiger partial charge in [0, 0.05) is 22.0 Å². The number of para-hydroxylation sites is 3. The molecule has 11 aromatic rings. The Kier molecular flexibility index (Phi) is 7.53. The van der Waals surface area contributed by atoms with Gasteiger partial charge in [0.15, 0.2) is 5.58 Å². The summed E-state index contributed by atoms with van der Waals surface area (Å²) in [5, 5.41) is 9.55. The van der Waals surface area contributed by atoms with Gasteiger partial charge in [0.1, 0.15) is 5.58 Å². The van der Waals surface area contributed by atoms with E-state index < -0.39 is 0 Å². The standard InChI is InChI=1S/C54H35NO/c1-3-17-37(18-4-1)52-46-25-10-9-23-43(46)44-33-31-40(35-48(44)53(52)38-19-5-2-6-20-38)42-22-11-13-27-49(42)55(41-32-30-36-16-7-8-21-39(36)34-41)50-28-15-26-47-45-24-12-14-29-51(45)56-54(47)50/h1-35H. The van der Waals surface area contributed by atoms with Crippen molar-refractivity contribution in [1.82, 2.24) is 0 Å². The molecule has 1 aromatic heterocycles. The van der Waals surface area contributed by atoms with Crippen LogP contribution in [0.25, 0.3) is 87.6 Å². The fraction of sp³-hybridized carbons (Fsp3) is 0. The van der Waals surface area contributed by atoms with Crippen LogP contribution in [0.15, 0.2) is 217 Å². The van der Waals surface area contributed by atoms with E-state index in [0.29, 0.717) is 0 Å². The van der Waals surface area contributed by atoms with Crippen molar-refractivity contribution in [3.8, 4) is 33.4 Å². The summed E-state index contributed by atoms with van der Waals surface area (Å²) in [7, 11) is 0. The van der Waals surface area contributed by atoms with Crippen LogP contribution in [0.5, 0.6) is 0 Å². The van der Waals surface area contributed by atoms with Gasteiger partial charge in [0.25, 0.3) is 0 Å². The Morgan fingerprint density at radius 2 is 0.911 bits per heavy atom. The van der Waals surface area contributed by atoms with Crippen molar-refractivity contribution in [2.24, 2.45) is 0 Å². The molecule has 10 aromatic carbocycles. The summed E-state index contributed by atoms with van der Waals surface area (Å²) in [5.41, 5.74) is 12.0. The number of rotatable bonds is 6. The van der Waals surface area contributed by atoms with E-state index in [1.54, 1.807) is 0 Å². The number of fused-ring (bicyclic) bond motifs is 7. The topological polar surface area (TPSA) is 16.4 Å². The van der Waals surface area contributed by atoms with Crippen molar-refractivity contribution in [2.75, 3.05) is 4.90 Å². The maximum Gasteiger partial charge on any atom is 0.159 e. The third kappa shape index (κ3) is 5.19. The van der Waals surface area contributed by atoms with Gasteiger partial charge in [-0.05, 0) is 96.5 Å². The third-order valence-electron chi connectivity index (χ3n) is 11.2. The van der Waals surface area contributed by atoms with Gasteiger partial charge in [-0.25, -0.2) is 0 Å². The molecule has 0 fully saturated rings. The summed E-state index contributed by atoms with van der Waals surface area (Å²) in [6, 6.07) is 76.5. The van der Waals surface area contributed by atoms with Crippen LogP contribution in [0.3, 0.4) is 0 Å². The van der Waals surface area contributed by atoms with E-state index in [9.17, 15) is 0 Å². The van der Waals surface area contributed by atoms with E-state index in [2.05, 4.69) is 211 Å². The van der Waals surface area contributed by atoms with E-state index in [4.69, 9.17) is 4.42 Å². The Morgan fingerprint density at radius 1 is 0.321 bits per heavy atom. The fourth-order valence-electron chi connectivity index (χ4n) is 8.71. The predicted octanol–water partition coefficient (Wildman–Crippen LogP) is 15.5. The number of furan rings is 1. The molecule has 0 atom stereocenters. The Labute approximate surface area is 325 Å². The molecule has 0 aliphatic heterocycles. The van der Waals surface area contributed by atoms with E-state index in [-0.39, 0.29) is 0 Å². The molecular weight excluding hydrogens is 679 g/mol. The van der Waals surface area contributed by atoms with Crippen molar-refractivity contribution in [3.63, 3.8) is 0 Å². The van der Waals surface area contributed by atoms with Crippen molar-refractivity contribution < 1.29 is 4.42 Å². The largest absolute Gasteiger partial charge is 0.454 e. The molecule has 0 unspecified atom stereocenters. The van der Waals surface area contributed by atoms with E-state index >= 15 is 0 Å². The molecule has 262 valence electrons. The molecule has 2 nitrogen and oxygen atoms in total. The summed E-state index contributed by atoms with van der Waals surface area (Å²) < 4.78 is 6.72. The van der Waals surface area contributed by atoms with E-state index in [0.717, 1.165) is 50.1 Å². The smallest absolute Gasteiger partial charge is 0.159 e. The molecule has 0 aliphatic rings. The molecule has 0 saturated carbocycles. The first-order valence-corrected chi connectivity index (χ1v) is 19.2. The summed E-state index contributed by atoms with van der Waals surface area (Å²) >= 11 is 0. The second-order valence-electron chi connectivity index (χ2n) is 14.4. The first-order valence-electron chi connectivity index (χ1n) is 19.2. The molecule has 0 aliphatic carbocycles. The van der Waals surface area contributed by atoms with Gasteiger partial charge in [-0.2, -0.15) is 0 Å². The Bertz CT molecular complexity index is 3250. The molecule has 0 N–H and O–H groups in total. The molecule has 0 amide bonds. The highest BCUT2D eigenvalue weighted by atomic mass is 16.3. The van der Waals surface area contributed by atoms with E-state index in [1.807, 2.05) is 6.07 Å². The highest BCUT2D eigenvalue weighted by molar-refractivity contribution is 6.22. The zero-order chi connectivity index (χ0) is 37.0. The zero-order valence-electron chi connectivity index (χ0n) is 30.6. The summed E-state index contributed by atoms with van der Waals surface area (Å²) in [6.07, 6.45) is 0. The van der Waals surface area contributed by atoms with Crippen molar-refractivity contribution in [2.45, 2.75) is 0 Å². The molecule has 2 heteroatoms. The predicted molar refractivity (Wildman–Crippen MR) is 237 cm³/mol. The van der Waals surface area contributed by atoms with Gasteiger partial charge >= 0.3 is 0 Å². The quantitative estimate of drug-likeness (QED) is 0.160. The maximum atomic E-state index is 6.72. The average molecular weight is 714 g/mol. The lowest BCUT2D eigenvalue weighted by Crippen LogP contribution is -2.11. The van der Waals surface area contributed by atoms with Gasteiger partial charge < -0.3 is 9.32 Å². The van der Waals surface area contributed by atoms with Crippen LogP contribution in [-0.2, 0) is 0 Å². The van der Waals surface area contributed by atoms with Gasteiger partial charge in [0.2, 0.25) is 0 Å². The number of hydrogen-bond donors (Lipinski definition) is 0. The molecule has 1 heterocycles. The van der Waals surface area contributed by atoms with Crippen LogP contribution in [0.1, 0.15) is 0 Å². The van der Waals surface area contributed by atoms with Crippen molar-refractivity contribution in [1.29, 1.82) is 0 Å². The third-order valence-corrected chi connectivity index (χ3v) is 11.2. The number of nitrogens with zero attached hydrogens (tertiary/aromatic N) is 1. The van der Waals surface area contributed by atoms with Crippen LogP contribution >= 0.6 is 0 Å². The van der Waals surface area contributed by atoms with Crippen molar-refractivity contribution in [3.05, 3.63) is 212 Å². The molecule has 0 bridgehead atoms. The molecule has 0 saturated heterocycles. The number of benzene rings is 10. The second-order valence-corrected chi connectivity index (χ2v) is 14.4. The Balaban J connectivity index is 1.21. The van der Waals surface area contributed by atoms with Gasteiger partial charge in [0.05, 0.1) is 11.4 Å². The lowest BCUT2D eigenvalue weighted by Gasteiger charge is -2.28. The van der Waals surface area contributed by atoms with Gasteiger partial charge in [-0.1, -0.05) is 176 Å². The maximum absolute atomic E-state index is 6.72. The summed E-state index contributed by atoms with van der Waals surface area (Å²) in [4.78, 5) is 2.38. The SMILES string of the molecule is c1ccc(-c2c(-c3ccccc3)c3cc(-c4ccccc4N(c4ccc5ccccc5c4)c4cccc5c4oc4ccccc45)ccc3c3ccccc23)cc1. The minimum absolute atomic E-state index is 0.862. The van der Waals surface area contributed by atoms with Gasteiger partial charge in [-0.15, -0.1) is 0 Å². The lowest BCUT2D eigenvalue weighted by atomic mass is 9.84. The number of hydrogen-bond acceptors (Lipinski definition) is 2. The summed E-state index contributed by atoms with van der Waals surface area (Å²) in [5.74, 6) is 0. The minimum atomic E-state index is 0.862. The molecule has 0 spiro atoms. The van der Waals surface area contributed by atoms with Crippen LogP contribution in [-0.4, -0.2) is 0 Å². The molecular formula is C54H35NO. The fourth-order valence-corrected chi connectivity index (χ4v) is 8.71. The van der Waals surface area contributed by atoms with Crippen LogP contribution in [0.4, 0.5) is 17.1 Å². The minimum Gasteiger partial charge on any atom is -0.454 e. The second kappa shape index (κ2) is 13.2. The molecule has 11 rings (SSSR count). The first kappa shape index (κ1) is 32.0. The monoisotopic (exact) mass is 713 g/mol. The normalized spacial score (nSPS) is 11.6. The number of anilines is 3. The molecule has 56 heavy (non-hydrogen) atoms. The first-order chi connectivity index (χ1) is 27.8. The Hall–Kier alpha value is -7.42. The van der Waals surface area contributed by atoms with Crippen LogP contribution in [0, 0.1) is 0 Å².